The Morgan fingerprint density at radius 2 is 1.77 bits per heavy atom. The van der Waals surface area contributed by atoms with Crippen molar-refractivity contribution in [3.05, 3.63) is 30.3 Å². The Morgan fingerprint density at radius 3 is 2.41 bits per heavy atom. The van der Waals surface area contributed by atoms with Gasteiger partial charge < -0.3 is 4.90 Å². The fourth-order valence-electron chi connectivity index (χ4n) is 3.55. The highest BCUT2D eigenvalue weighted by molar-refractivity contribution is 7.91. The minimum absolute atomic E-state index is 0.00907. The van der Waals surface area contributed by atoms with E-state index in [-0.39, 0.29) is 29.5 Å². The Hall–Kier alpha value is -1.40. The second-order valence-corrected chi connectivity index (χ2v) is 8.79. The zero-order valence-electron chi connectivity index (χ0n) is 13.0. The number of amides is 1. The van der Waals surface area contributed by atoms with Gasteiger partial charge in [-0.2, -0.15) is 0 Å². The molecule has 2 aliphatic rings. The summed E-state index contributed by atoms with van der Waals surface area (Å²) in [5.41, 5.74) is 0.795. The molecule has 1 aromatic carbocycles. The van der Waals surface area contributed by atoms with E-state index < -0.39 is 9.84 Å². The normalized spacial score (nSPS) is 28.1. The van der Waals surface area contributed by atoms with Crippen molar-refractivity contribution in [1.82, 2.24) is 4.90 Å². The molecule has 2 heterocycles. The van der Waals surface area contributed by atoms with Crippen LogP contribution < -0.4 is 4.90 Å². The molecule has 120 valence electrons. The zero-order chi connectivity index (χ0) is 15.9. The molecule has 0 bridgehead atoms. The van der Waals surface area contributed by atoms with Crippen LogP contribution in [0.2, 0.25) is 0 Å². The molecule has 1 aromatic rings. The first-order chi connectivity index (χ1) is 10.4. The molecular formula is C16H22N2O3S. The lowest BCUT2D eigenvalue weighted by atomic mass is 10.0. The molecule has 2 saturated heterocycles. The third-order valence-corrected chi connectivity index (χ3v) is 6.03. The number of fused-ring (bicyclic) bond motifs is 1. The summed E-state index contributed by atoms with van der Waals surface area (Å²) in [5.74, 6) is 0.610. The summed E-state index contributed by atoms with van der Waals surface area (Å²) in [6, 6.07) is 9.03. The van der Waals surface area contributed by atoms with Gasteiger partial charge in [-0.15, -0.1) is 0 Å². The van der Waals surface area contributed by atoms with Crippen molar-refractivity contribution in [3.8, 4) is 0 Å². The van der Waals surface area contributed by atoms with Crippen LogP contribution in [0.5, 0.6) is 0 Å². The van der Waals surface area contributed by atoms with E-state index in [4.69, 9.17) is 0 Å². The van der Waals surface area contributed by atoms with Crippen LogP contribution in [0.4, 0.5) is 5.69 Å². The predicted octanol–water partition coefficient (Wildman–Crippen LogP) is 1.16. The van der Waals surface area contributed by atoms with Crippen LogP contribution >= 0.6 is 0 Å². The number of carbonyl (C=O) groups is 1. The average molecular weight is 322 g/mol. The highest BCUT2D eigenvalue weighted by Gasteiger charge is 2.49. The first-order valence-electron chi connectivity index (χ1n) is 7.69. The van der Waals surface area contributed by atoms with Gasteiger partial charge in [0.05, 0.1) is 24.1 Å². The third kappa shape index (κ3) is 2.90. The summed E-state index contributed by atoms with van der Waals surface area (Å²) >= 11 is 0. The smallest absolute Gasteiger partial charge is 0.241 e. The van der Waals surface area contributed by atoms with Gasteiger partial charge in [0.25, 0.3) is 0 Å². The largest absolute Gasteiger partial charge is 0.306 e. The lowest BCUT2D eigenvalue weighted by molar-refractivity contribution is -0.123. The summed E-state index contributed by atoms with van der Waals surface area (Å²) in [7, 11) is -3.10. The standard InChI is InChI=1S/C16H22N2O3S/c1-12(2)8-17-9-16(19)18(13-6-4-3-5-7-13)15-11-22(20,21)10-14(15)17/h3-7,12,14-15H,8-11H2,1-2H3/t14-,15-/m0/s1. The van der Waals surface area contributed by atoms with Crippen LogP contribution in [0, 0.1) is 5.92 Å². The van der Waals surface area contributed by atoms with Crippen LogP contribution in [0.25, 0.3) is 0 Å². The van der Waals surface area contributed by atoms with Crippen LogP contribution in [0.15, 0.2) is 30.3 Å². The number of anilines is 1. The second-order valence-electron chi connectivity index (χ2n) is 6.63. The zero-order valence-corrected chi connectivity index (χ0v) is 13.8. The van der Waals surface area contributed by atoms with Crippen molar-refractivity contribution in [3.63, 3.8) is 0 Å². The van der Waals surface area contributed by atoms with Gasteiger partial charge in [-0.05, 0) is 18.1 Å². The number of rotatable bonds is 3. The summed E-state index contributed by atoms with van der Waals surface area (Å²) in [4.78, 5) is 16.4. The summed E-state index contributed by atoms with van der Waals surface area (Å²) < 4.78 is 24.3. The fourth-order valence-corrected chi connectivity index (χ4v) is 5.53. The van der Waals surface area contributed by atoms with Crippen molar-refractivity contribution < 1.29 is 13.2 Å². The van der Waals surface area contributed by atoms with Crippen molar-refractivity contribution in [2.24, 2.45) is 5.92 Å². The molecule has 1 amide bonds. The summed E-state index contributed by atoms with van der Waals surface area (Å²) in [5, 5.41) is 0. The van der Waals surface area contributed by atoms with E-state index in [0.29, 0.717) is 12.5 Å². The van der Waals surface area contributed by atoms with E-state index in [0.717, 1.165) is 12.2 Å². The molecular weight excluding hydrogens is 300 g/mol. The van der Waals surface area contributed by atoms with E-state index in [1.807, 2.05) is 30.3 Å². The molecule has 0 spiro atoms. The quantitative estimate of drug-likeness (QED) is 0.838. The number of sulfone groups is 1. The molecule has 5 nitrogen and oxygen atoms in total. The number of hydrogen-bond acceptors (Lipinski definition) is 4. The first-order valence-corrected chi connectivity index (χ1v) is 9.51. The maximum absolute atomic E-state index is 12.6. The van der Waals surface area contributed by atoms with Gasteiger partial charge >= 0.3 is 0 Å². The van der Waals surface area contributed by atoms with Crippen molar-refractivity contribution in [2.75, 3.05) is 29.5 Å². The lowest BCUT2D eigenvalue weighted by Crippen LogP contribution is -2.62. The molecule has 0 unspecified atom stereocenters. The molecule has 2 aliphatic heterocycles. The van der Waals surface area contributed by atoms with Crippen LogP contribution in [-0.2, 0) is 14.6 Å². The minimum atomic E-state index is -3.10. The highest BCUT2D eigenvalue weighted by Crippen LogP contribution is 2.31. The van der Waals surface area contributed by atoms with Gasteiger partial charge in [0.15, 0.2) is 9.84 Å². The van der Waals surface area contributed by atoms with Gasteiger partial charge in [-0.3, -0.25) is 9.69 Å². The van der Waals surface area contributed by atoms with Crippen LogP contribution in [0.1, 0.15) is 13.8 Å². The number of para-hydroxylation sites is 1. The van der Waals surface area contributed by atoms with E-state index in [1.54, 1.807) is 4.90 Å². The number of hydrogen-bond donors (Lipinski definition) is 0. The summed E-state index contributed by atoms with van der Waals surface area (Å²) in [6.45, 7) is 5.23. The van der Waals surface area contributed by atoms with Crippen LogP contribution in [0.3, 0.4) is 0 Å². The Labute approximate surface area is 131 Å². The van der Waals surface area contributed by atoms with Gasteiger partial charge in [0, 0.05) is 18.3 Å². The van der Waals surface area contributed by atoms with Gasteiger partial charge in [-0.25, -0.2) is 8.42 Å². The first kappa shape index (κ1) is 15.5. The van der Waals surface area contributed by atoms with Crippen molar-refractivity contribution >= 4 is 21.4 Å². The maximum Gasteiger partial charge on any atom is 0.241 e. The van der Waals surface area contributed by atoms with E-state index in [2.05, 4.69) is 18.7 Å². The number of nitrogens with zero attached hydrogens (tertiary/aromatic N) is 2. The van der Waals surface area contributed by atoms with E-state index >= 15 is 0 Å². The van der Waals surface area contributed by atoms with Crippen molar-refractivity contribution in [1.29, 1.82) is 0 Å². The average Bonchev–Trinajstić information content (AvgIpc) is 2.75. The third-order valence-electron chi connectivity index (χ3n) is 4.34. The molecule has 2 fully saturated rings. The van der Waals surface area contributed by atoms with Gasteiger partial charge in [-0.1, -0.05) is 32.0 Å². The Bertz CT molecular complexity index is 657. The molecule has 2 atom stereocenters. The minimum Gasteiger partial charge on any atom is -0.306 e. The van der Waals surface area contributed by atoms with Crippen LogP contribution in [-0.4, -0.2) is 55.9 Å². The molecule has 0 saturated carbocycles. The molecule has 0 aromatic heterocycles. The molecule has 0 radical (unpaired) electrons. The molecule has 6 heteroatoms. The molecule has 0 N–H and O–H groups in total. The van der Waals surface area contributed by atoms with E-state index in [9.17, 15) is 13.2 Å². The maximum atomic E-state index is 12.6. The Kier molecular flexibility index (Phi) is 3.99. The number of piperazine rings is 1. The van der Waals surface area contributed by atoms with E-state index in [1.165, 1.54) is 0 Å². The topological polar surface area (TPSA) is 57.7 Å². The molecule has 3 rings (SSSR count). The van der Waals surface area contributed by atoms with Gasteiger partial charge in [0.2, 0.25) is 5.91 Å². The van der Waals surface area contributed by atoms with Crippen molar-refractivity contribution in [2.45, 2.75) is 25.9 Å². The predicted molar refractivity (Wildman–Crippen MR) is 86.6 cm³/mol. The fraction of sp³-hybridized carbons (Fsp3) is 0.562. The molecule has 0 aliphatic carbocycles. The van der Waals surface area contributed by atoms with Gasteiger partial charge in [0.1, 0.15) is 0 Å². The lowest BCUT2D eigenvalue weighted by Gasteiger charge is -2.44. The Morgan fingerprint density at radius 1 is 1.14 bits per heavy atom. The molecule has 22 heavy (non-hydrogen) atoms. The monoisotopic (exact) mass is 322 g/mol. The second kappa shape index (κ2) is 5.66. The number of carbonyl (C=O) groups excluding carboxylic acids is 1. The highest BCUT2D eigenvalue weighted by atomic mass is 32.2. The number of benzene rings is 1. The SMILES string of the molecule is CC(C)CN1CC(=O)N(c2ccccc2)[C@H]2CS(=O)(=O)C[C@@H]21. The Balaban J connectivity index is 1.96. The summed E-state index contributed by atoms with van der Waals surface area (Å²) in [6.07, 6.45) is 0.